The fourth-order valence-corrected chi connectivity index (χ4v) is 9.48. The normalized spacial score (nSPS) is 22.8. The maximum Gasteiger partial charge on any atom is 0.411 e. The number of carbonyl (C=O) groups is 4. The number of hydrogen-bond acceptors (Lipinski definition) is 16. The van der Waals surface area contributed by atoms with Gasteiger partial charge in [0.15, 0.2) is 23.1 Å². The third-order valence-corrected chi connectivity index (χ3v) is 15.1. The SMILES string of the molecule is CC(O)Cc1ccccc1.CCN(CCl)C(=O)OCc1ccc(OC2OC(C(C)=O)C(C)[C@H](C)[C@@H]2C)c([N+](=O)[O-])c1.CCN(COC(C)Cc1ccccc1)C(=O)OCc1ccc(OC2OC(C(C)=O)C(C)[C@H](C)[C@@H]2C)c([N+](=O)[O-])c1. The number of aliphatic hydroxyl groups is 1. The Morgan fingerprint density at radius 2 is 0.988 bits per heavy atom. The first-order valence-electron chi connectivity index (χ1n) is 27.4. The number of halogens is 1. The molecule has 8 unspecified atom stereocenters. The van der Waals surface area contributed by atoms with Crippen LogP contribution in [-0.2, 0) is 59.3 Å². The molecule has 0 bridgehead atoms. The largest absolute Gasteiger partial charge is 0.457 e. The first-order valence-corrected chi connectivity index (χ1v) is 27.9. The van der Waals surface area contributed by atoms with Crippen LogP contribution in [0.4, 0.5) is 21.0 Å². The zero-order chi connectivity index (χ0) is 60.1. The Balaban J connectivity index is 0.000000303. The summed E-state index contributed by atoms with van der Waals surface area (Å²) in [6.07, 6.45) is -2.95. The number of Topliss-reactive ketones (excluding diaryl/α,β-unsaturated/α-hetero) is 2. The third-order valence-electron chi connectivity index (χ3n) is 14.8. The number of alkyl halides is 1. The Bertz CT molecular complexity index is 2660. The van der Waals surface area contributed by atoms with Crippen molar-refractivity contribution in [3.8, 4) is 11.5 Å². The molecule has 0 spiro atoms. The van der Waals surface area contributed by atoms with E-state index in [0.717, 1.165) is 12.0 Å². The van der Waals surface area contributed by atoms with Crippen LogP contribution in [0.2, 0.25) is 0 Å². The monoisotopic (exact) mass is 1150 g/mol. The molecule has 2 fully saturated rings. The predicted octanol–water partition coefficient (Wildman–Crippen LogP) is 11.7. The summed E-state index contributed by atoms with van der Waals surface area (Å²) < 4.78 is 40.0. The Morgan fingerprint density at radius 1 is 0.593 bits per heavy atom. The molecule has 21 heteroatoms. The van der Waals surface area contributed by atoms with E-state index in [1.165, 1.54) is 53.5 Å². The molecule has 2 aliphatic heterocycles. The number of hydrogen-bond donors (Lipinski definition) is 1. The smallest absolute Gasteiger partial charge is 0.411 e. The van der Waals surface area contributed by atoms with Crippen molar-refractivity contribution in [2.24, 2.45) is 35.5 Å². The topological polar surface area (TPSA) is 246 Å². The summed E-state index contributed by atoms with van der Waals surface area (Å²) >= 11 is 5.67. The van der Waals surface area contributed by atoms with Gasteiger partial charge in [-0.2, -0.15) is 0 Å². The summed E-state index contributed by atoms with van der Waals surface area (Å²) in [4.78, 5) is 73.7. The number of nitro groups is 2. The molecule has 2 saturated heterocycles. The van der Waals surface area contributed by atoms with Crippen molar-refractivity contribution in [1.29, 1.82) is 0 Å². The summed E-state index contributed by atoms with van der Waals surface area (Å²) in [5.74, 6) is -0.104. The van der Waals surface area contributed by atoms with E-state index in [9.17, 15) is 39.4 Å². The van der Waals surface area contributed by atoms with Crippen LogP contribution in [0.5, 0.6) is 11.5 Å². The van der Waals surface area contributed by atoms with E-state index in [2.05, 4.69) is 0 Å². The van der Waals surface area contributed by atoms with Crippen LogP contribution in [0, 0.1) is 55.7 Å². The molecule has 2 heterocycles. The Morgan fingerprint density at radius 3 is 1.35 bits per heavy atom. The van der Waals surface area contributed by atoms with Crippen molar-refractivity contribution in [2.45, 2.75) is 146 Å². The molecule has 0 aromatic heterocycles. The van der Waals surface area contributed by atoms with E-state index in [4.69, 9.17) is 49.9 Å². The lowest BCUT2D eigenvalue weighted by Gasteiger charge is -2.42. The zero-order valence-electron chi connectivity index (χ0n) is 48.6. The molecule has 4 aromatic carbocycles. The quantitative estimate of drug-likeness (QED) is 0.0253. The van der Waals surface area contributed by atoms with Crippen LogP contribution in [0.15, 0.2) is 97.1 Å². The Kier molecular flexibility index (Phi) is 26.9. The summed E-state index contributed by atoms with van der Waals surface area (Å²) in [6, 6.07) is 28.6. The van der Waals surface area contributed by atoms with Crippen LogP contribution in [0.25, 0.3) is 0 Å². The number of nitrogens with zero attached hydrogens (tertiary/aromatic N) is 4. The van der Waals surface area contributed by atoms with Gasteiger partial charge >= 0.3 is 23.6 Å². The zero-order valence-corrected chi connectivity index (χ0v) is 49.3. The average molecular weight is 1150 g/mol. The molecule has 6 rings (SSSR count). The molecule has 2 aliphatic rings. The number of carbonyl (C=O) groups excluding carboxylic acids is 4. The standard InChI is InChI=1S/C30H40N2O8.C21H29ClN2O7.C9H12O/c1-7-31(18-38-19(2)15-24-11-9-8-10-12-24)30(34)37-17-25-13-14-27(26(16-25)32(35)36)39-29-22(5)20(3)21(4)28(40-29)23(6)33;1-6-23(11-22)21(26)29-10-16-7-8-18(17(9-16)24(27)28)30-20-14(4)12(2)13(3)19(31-20)15(5)25;1-8(10)7-9-5-3-2-4-6-9/h8-14,16,19-22,28-29H,7,15,17-18H2,1-6H3;7-9,12-14,19-20H,6,10-11H2,1-5H3;2-6,8,10H,7H2,1H3/t19?,20-,21?,22-,28?,29?;12-,13?,14-,19?,20?;/m00./s1. The highest BCUT2D eigenvalue weighted by Gasteiger charge is 2.44. The first-order chi connectivity index (χ1) is 38.4. The lowest BCUT2D eigenvalue weighted by molar-refractivity contribution is -0.386. The Hall–Kier alpha value is -6.71. The molecule has 444 valence electrons. The minimum Gasteiger partial charge on any atom is -0.457 e. The van der Waals surface area contributed by atoms with Gasteiger partial charge in [0, 0.05) is 37.1 Å². The third kappa shape index (κ3) is 20.1. The van der Waals surface area contributed by atoms with E-state index < -0.39 is 46.8 Å². The summed E-state index contributed by atoms with van der Waals surface area (Å²) in [5.41, 5.74) is 2.64. The Labute approximate surface area is 480 Å². The van der Waals surface area contributed by atoms with Crippen LogP contribution in [0.1, 0.15) is 105 Å². The number of amides is 2. The van der Waals surface area contributed by atoms with Gasteiger partial charge in [-0.15, -0.1) is 11.6 Å². The van der Waals surface area contributed by atoms with Crippen molar-refractivity contribution in [3.05, 3.63) is 140 Å². The van der Waals surface area contributed by atoms with E-state index in [1.807, 2.05) is 116 Å². The number of benzene rings is 4. The maximum absolute atomic E-state index is 12.7. The number of rotatable bonds is 22. The molecule has 0 radical (unpaired) electrons. The lowest BCUT2D eigenvalue weighted by atomic mass is 9.78. The lowest BCUT2D eigenvalue weighted by Crippen LogP contribution is -2.49. The second-order valence-corrected chi connectivity index (χ2v) is 21.1. The van der Waals surface area contributed by atoms with Crippen LogP contribution in [0.3, 0.4) is 0 Å². The van der Waals surface area contributed by atoms with E-state index in [0.29, 0.717) is 30.6 Å². The maximum atomic E-state index is 12.7. The summed E-state index contributed by atoms with van der Waals surface area (Å²) in [7, 11) is 0. The van der Waals surface area contributed by atoms with E-state index >= 15 is 0 Å². The fourth-order valence-electron chi connectivity index (χ4n) is 9.22. The second kappa shape index (κ2) is 32.7. The minimum atomic E-state index is -0.815. The number of ether oxygens (including phenoxy) is 7. The van der Waals surface area contributed by atoms with Gasteiger partial charge in [-0.1, -0.05) is 114 Å². The predicted molar refractivity (Wildman–Crippen MR) is 304 cm³/mol. The van der Waals surface area contributed by atoms with Crippen molar-refractivity contribution in [3.63, 3.8) is 0 Å². The highest BCUT2D eigenvalue weighted by molar-refractivity contribution is 6.18. The first kappa shape index (κ1) is 66.8. The van der Waals surface area contributed by atoms with Gasteiger partial charge in [-0.3, -0.25) is 39.6 Å². The molecule has 4 aromatic rings. The fraction of sp³-hybridized carbons (Fsp3) is 0.533. The average Bonchev–Trinajstić information content (AvgIpc) is 3.51. The number of aliphatic hydroxyl groups excluding tert-OH is 1. The summed E-state index contributed by atoms with van der Waals surface area (Å²) in [6.45, 7) is 22.6. The van der Waals surface area contributed by atoms with Crippen LogP contribution < -0.4 is 9.47 Å². The van der Waals surface area contributed by atoms with Crippen molar-refractivity contribution >= 4 is 46.7 Å². The molecular weight excluding hydrogens is 1070 g/mol. The molecular formula is C60H81ClN4O16. The van der Waals surface area contributed by atoms with E-state index in [1.54, 1.807) is 26.0 Å². The van der Waals surface area contributed by atoms with Gasteiger partial charge in [-0.25, -0.2) is 9.59 Å². The van der Waals surface area contributed by atoms with E-state index in [-0.39, 0.29) is 108 Å². The summed E-state index contributed by atoms with van der Waals surface area (Å²) in [5, 5.41) is 32.5. The molecule has 0 saturated carbocycles. The number of nitro benzene ring substituents is 2. The molecule has 81 heavy (non-hydrogen) atoms. The number of ketones is 2. The van der Waals surface area contributed by atoms with Gasteiger partial charge in [0.2, 0.25) is 12.6 Å². The van der Waals surface area contributed by atoms with Crippen LogP contribution in [-0.4, -0.2) is 111 Å². The second-order valence-electron chi connectivity index (χ2n) is 20.9. The molecule has 12 atom stereocenters. The van der Waals surface area contributed by atoms with Crippen molar-refractivity contribution < 1.29 is 67.3 Å². The highest BCUT2D eigenvalue weighted by Crippen LogP contribution is 2.40. The molecule has 2 amide bonds. The van der Waals surface area contributed by atoms with Gasteiger partial charge < -0.3 is 38.3 Å². The van der Waals surface area contributed by atoms with Gasteiger partial charge in [0.1, 0.15) is 32.2 Å². The van der Waals surface area contributed by atoms with Gasteiger partial charge in [0.25, 0.3) is 0 Å². The molecule has 0 aliphatic carbocycles. The minimum absolute atomic E-state index is 0.000409. The molecule has 20 nitrogen and oxygen atoms in total. The van der Waals surface area contributed by atoms with Gasteiger partial charge in [-0.05, 0) is 112 Å². The van der Waals surface area contributed by atoms with Crippen molar-refractivity contribution in [2.75, 3.05) is 25.8 Å². The molecule has 1 N–H and O–H groups in total. The van der Waals surface area contributed by atoms with Gasteiger partial charge in [0.05, 0.1) is 28.1 Å². The highest BCUT2D eigenvalue weighted by atomic mass is 35.5. The van der Waals surface area contributed by atoms with Crippen LogP contribution >= 0.6 is 11.6 Å². The van der Waals surface area contributed by atoms with Crippen molar-refractivity contribution in [1.82, 2.24) is 9.80 Å².